The summed E-state index contributed by atoms with van der Waals surface area (Å²) in [5, 5.41) is 3.55. The number of aromatic nitrogens is 1. The van der Waals surface area contributed by atoms with E-state index in [1.165, 1.54) is 35.4 Å². The molecule has 15 heteroatoms. The van der Waals surface area contributed by atoms with Crippen LogP contribution < -0.4 is 15.0 Å². The molecule has 1 fully saturated rings. The normalized spacial score (nSPS) is 17.4. The van der Waals surface area contributed by atoms with Gasteiger partial charge in [-0.15, -0.1) is 0 Å². The summed E-state index contributed by atoms with van der Waals surface area (Å²) in [4.78, 5) is 26.9. The predicted molar refractivity (Wildman–Crippen MR) is 145 cm³/mol. The Hall–Kier alpha value is -3.49. The number of alkyl halides is 5. The van der Waals surface area contributed by atoms with Crippen LogP contribution in [0.5, 0.6) is 5.75 Å². The molecule has 1 aromatic carbocycles. The smallest absolute Gasteiger partial charge is 0.401 e. The molecule has 0 bridgehead atoms. The van der Waals surface area contributed by atoms with Crippen molar-refractivity contribution in [2.45, 2.75) is 12.8 Å². The molecular weight excluding hydrogens is 579 g/mol. The van der Waals surface area contributed by atoms with Crippen molar-refractivity contribution < 1.29 is 31.5 Å². The van der Waals surface area contributed by atoms with E-state index in [1.54, 1.807) is 29.1 Å². The first-order valence-electron chi connectivity index (χ1n) is 11.9. The van der Waals surface area contributed by atoms with Gasteiger partial charge in [-0.25, -0.2) is 9.98 Å². The number of ether oxygens (including phenoxy) is 1. The first kappa shape index (κ1) is 29.5. The Morgan fingerprint density at radius 2 is 2.00 bits per heavy atom. The quantitative estimate of drug-likeness (QED) is 0.313. The van der Waals surface area contributed by atoms with Crippen molar-refractivity contribution in [3.05, 3.63) is 59.5 Å². The number of allylic oxidation sites excluding steroid dienone is 1. The van der Waals surface area contributed by atoms with Crippen molar-refractivity contribution in [2.24, 2.45) is 4.99 Å². The summed E-state index contributed by atoms with van der Waals surface area (Å²) in [6.07, 6.45) is 1.93. The highest BCUT2D eigenvalue weighted by atomic mass is 35.5. The van der Waals surface area contributed by atoms with Gasteiger partial charge in [-0.3, -0.25) is 9.69 Å². The molecule has 2 aromatic rings. The molecular formula is C25H24ClF5N6O2S. The largest absolute Gasteiger partial charge is 0.434 e. The fraction of sp³-hybridized carbons (Fsp3) is 0.320. The molecule has 2 aliphatic rings. The lowest BCUT2D eigenvalue weighted by atomic mass is 10.1. The zero-order valence-corrected chi connectivity index (χ0v) is 22.7. The van der Waals surface area contributed by atoms with Crippen LogP contribution in [0.4, 0.5) is 32.1 Å². The highest BCUT2D eigenvalue weighted by Gasteiger charge is 2.33. The monoisotopic (exact) mass is 602 g/mol. The second kappa shape index (κ2) is 12.4. The van der Waals surface area contributed by atoms with Crippen molar-refractivity contribution >= 4 is 45.2 Å². The maximum absolute atomic E-state index is 13.4. The number of aliphatic imine (C=N–C) groups is 1. The summed E-state index contributed by atoms with van der Waals surface area (Å²) >= 11 is 7.21. The van der Waals surface area contributed by atoms with E-state index in [4.69, 9.17) is 11.6 Å². The zero-order valence-electron chi connectivity index (χ0n) is 21.1. The van der Waals surface area contributed by atoms with Gasteiger partial charge in [0.2, 0.25) is 0 Å². The minimum absolute atomic E-state index is 0.102. The van der Waals surface area contributed by atoms with Gasteiger partial charge in [0, 0.05) is 56.2 Å². The lowest BCUT2D eigenvalue weighted by Gasteiger charge is -2.34. The number of benzene rings is 1. The van der Waals surface area contributed by atoms with Gasteiger partial charge in [-0.05, 0) is 24.3 Å². The lowest BCUT2D eigenvalue weighted by molar-refractivity contribution is -0.146. The van der Waals surface area contributed by atoms with Gasteiger partial charge in [0.1, 0.15) is 22.3 Å². The van der Waals surface area contributed by atoms with Gasteiger partial charge < -0.3 is 19.9 Å². The van der Waals surface area contributed by atoms with E-state index in [1.807, 2.05) is 0 Å². The number of hydrogen-bond donors (Lipinski definition) is 1. The number of carbonyl (C=O) groups excluding carboxylic acids is 1. The molecule has 1 aromatic heterocycles. The Bertz CT molecular complexity index is 1350. The molecule has 0 unspecified atom stereocenters. The van der Waals surface area contributed by atoms with E-state index in [0.29, 0.717) is 11.0 Å². The SMILES string of the molecule is C=C/C(C(=O)Nc1sc(N2CCN(CC(F)(F)F)CC2)nc1-c1cc(Cl)ccc1OC(F)F)=C1/N=CC=CN1C. The van der Waals surface area contributed by atoms with Gasteiger partial charge in [-0.2, -0.15) is 22.0 Å². The van der Waals surface area contributed by atoms with Gasteiger partial charge in [0.15, 0.2) is 5.13 Å². The van der Waals surface area contributed by atoms with E-state index >= 15 is 0 Å². The van der Waals surface area contributed by atoms with E-state index in [0.717, 1.165) is 11.3 Å². The first-order chi connectivity index (χ1) is 18.9. The lowest BCUT2D eigenvalue weighted by Crippen LogP contribution is -2.49. The van der Waals surface area contributed by atoms with Crippen LogP contribution in [0.15, 0.2) is 59.5 Å². The summed E-state index contributed by atoms with van der Waals surface area (Å²) in [5.74, 6) is -0.480. The number of carbonyl (C=O) groups is 1. The predicted octanol–water partition coefficient (Wildman–Crippen LogP) is 5.62. The number of piperazine rings is 1. The molecule has 1 N–H and O–H groups in total. The third kappa shape index (κ3) is 7.17. The van der Waals surface area contributed by atoms with E-state index in [9.17, 15) is 26.7 Å². The highest BCUT2D eigenvalue weighted by molar-refractivity contribution is 7.20. The van der Waals surface area contributed by atoms with Crippen LogP contribution in [0.25, 0.3) is 11.3 Å². The molecule has 0 radical (unpaired) electrons. The third-order valence-electron chi connectivity index (χ3n) is 5.92. The van der Waals surface area contributed by atoms with Crippen LogP contribution in [0, 0.1) is 0 Å². The maximum Gasteiger partial charge on any atom is 0.401 e. The Balaban J connectivity index is 1.71. The molecule has 40 heavy (non-hydrogen) atoms. The number of halogens is 6. The molecule has 1 saturated heterocycles. The van der Waals surface area contributed by atoms with Gasteiger partial charge in [-0.1, -0.05) is 35.6 Å². The van der Waals surface area contributed by atoms with Gasteiger partial charge >= 0.3 is 12.8 Å². The van der Waals surface area contributed by atoms with Crippen LogP contribution in [0.1, 0.15) is 0 Å². The standard InChI is InChI=1S/C25H24ClF5N6O2S/c1-3-16(20-32-7-4-8-35(20)2)21(38)34-22-19(17-13-15(26)5-6-18(17)39-23(27)28)33-24(40-22)37-11-9-36(10-12-37)14-25(29,30)31/h3-8,13,23H,1,9-12,14H2,2H3,(H,34,38)/b20-16+. The number of nitrogens with zero attached hydrogens (tertiary/aromatic N) is 5. The van der Waals surface area contributed by atoms with Crippen LogP contribution in [-0.4, -0.2) is 79.5 Å². The Labute approximate surface area is 235 Å². The average Bonchev–Trinajstić information content (AvgIpc) is 3.29. The molecule has 0 saturated carbocycles. The number of amides is 1. The van der Waals surface area contributed by atoms with Crippen molar-refractivity contribution in [1.82, 2.24) is 14.8 Å². The Kier molecular flexibility index (Phi) is 9.11. The van der Waals surface area contributed by atoms with Crippen molar-refractivity contribution in [3.8, 4) is 17.0 Å². The minimum Gasteiger partial charge on any atom is -0.434 e. The minimum atomic E-state index is -4.31. The zero-order chi connectivity index (χ0) is 29.0. The molecule has 1 amide bonds. The summed E-state index contributed by atoms with van der Waals surface area (Å²) in [6, 6.07) is 4.02. The number of nitrogens with one attached hydrogen (secondary N) is 1. The Morgan fingerprint density at radius 1 is 1.27 bits per heavy atom. The summed E-state index contributed by atoms with van der Waals surface area (Å²) < 4.78 is 69.6. The fourth-order valence-electron chi connectivity index (χ4n) is 4.11. The summed E-state index contributed by atoms with van der Waals surface area (Å²) in [5.41, 5.74) is 0.350. The number of anilines is 2. The Morgan fingerprint density at radius 3 is 2.62 bits per heavy atom. The fourth-order valence-corrected chi connectivity index (χ4v) is 5.31. The second-order valence-electron chi connectivity index (χ2n) is 8.70. The molecule has 0 atom stereocenters. The van der Waals surface area contributed by atoms with E-state index in [2.05, 4.69) is 26.6 Å². The molecule has 0 aliphatic carbocycles. The third-order valence-corrected chi connectivity index (χ3v) is 7.18. The molecule has 2 aliphatic heterocycles. The first-order valence-corrected chi connectivity index (χ1v) is 13.1. The number of thiazole rings is 1. The molecule has 3 heterocycles. The number of rotatable bonds is 8. The second-order valence-corrected chi connectivity index (χ2v) is 10.1. The van der Waals surface area contributed by atoms with Crippen LogP contribution >= 0.6 is 22.9 Å². The summed E-state index contributed by atoms with van der Waals surface area (Å²) in [7, 11) is 1.70. The van der Waals surface area contributed by atoms with E-state index in [-0.39, 0.29) is 58.8 Å². The molecule has 4 rings (SSSR count). The molecule has 0 spiro atoms. The van der Waals surface area contributed by atoms with Crippen LogP contribution in [0.2, 0.25) is 5.02 Å². The van der Waals surface area contributed by atoms with Crippen LogP contribution in [-0.2, 0) is 4.79 Å². The van der Waals surface area contributed by atoms with Gasteiger partial charge in [0.05, 0.1) is 12.1 Å². The topological polar surface area (TPSA) is 73.3 Å². The van der Waals surface area contributed by atoms with Crippen molar-refractivity contribution in [2.75, 3.05) is 50.0 Å². The van der Waals surface area contributed by atoms with E-state index < -0.39 is 25.2 Å². The number of hydrogen-bond acceptors (Lipinski definition) is 8. The summed E-state index contributed by atoms with van der Waals surface area (Å²) in [6.45, 7) is 0.303. The van der Waals surface area contributed by atoms with Crippen molar-refractivity contribution in [3.63, 3.8) is 0 Å². The van der Waals surface area contributed by atoms with Crippen LogP contribution in [0.3, 0.4) is 0 Å². The average molecular weight is 603 g/mol. The van der Waals surface area contributed by atoms with Crippen molar-refractivity contribution in [1.29, 1.82) is 0 Å². The van der Waals surface area contributed by atoms with Gasteiger partial charge in [0.25, 0.3) is 5.91 Å². The highest BCUT2D eigenvalue weighted by Crippen LogP contribution is 2.43. The molecule has 214 valence electrons. The molecule has 8 nitrogen and oxygen atoms in total. The maximum atomic E-state index is 13.4.